The second kappa shape index (κ2) is 9.93. The topological polar surface area (TPSA) is 58.0 Å². The van der Waals surface area contributed by atoms with E-state index in [4.69, 9.17) is 9.15 Å². The van der Waals surface area contributed by atoms with Crippen molar-refractivity contribution in [1.29, 1.82) is 0 Å². The zero-order valence-corrected chi connectivity index (χ0v) is 18.0. The predicted molar refractivity (Wildman–Crippen MR) is 120 cm³/mol. The average Bonchev–Trinajstić information content (AvgIpc) is 3.41. The van der Waals surface area contributed by atoms with E-state index >= 15 is 0 Å². The highest BCUT2D eigenvalue weighted by molar-refractivity contribution is 7.11. The Morgan fingerprint density at radius 3 is 2.57 bits per heavy atom. The van der Waals surface area contributed by atoms with Crippen molar-refractivity contribution in [1.82, 2.24) is 4.90 Å². The van der Waals surface area contributed by atoms with E-state index in [-0.39, 0.29) is 5.91 Å². The Kier molecular flexibility index (Phi) is 6.84. The molecule has 1 aliphatic rings. The lowest BCUT2D eigenvalue weighted by Crippen LogP contribution is -2.36. The summed E-state index contributed by atoms with van der Waals surface area (Å²) in [5.41, 5.74) is 1.96. The third-order valence-corrected chi connectivity index (χ3v) is 6.01. The maximum Gasteiger partial charge on any atom is 0.238 e. The molecule has 1 aromatic carbocycles. The van der Waals surface area contributed by atoms with Gasteiger partial charge in [-0.25, -0.2) is 0 Å². The van der Waals surface area contributed by atoms with Crippen LogP contribution in [0.4, 0.5) is 11.4 Å². The van der Waals surface area contributed by atoms with Crippen LogP contribution in [0.1, 0.15) is 15.5 Å². The molecule has 1 fully saturated rings. The van der Waals surface area contributed by atoms with Gasteiger partial charge < -0.3 is 19.4 Å². The number of anilines is 2. The first-order chi connectivity index (χ1) is 14.7. The van der Waals surface area contributed by atoms with E-state index in [2.05, 4.69) is 46.3 Å². The molecule has 0 aliphatic carbocycles. The first-order valence-electron chi connectivity index (χ1n) is 10.2. The van der Waals surface area contributed by atoms with E-state index in [1.54, 1.807) is 17.6 Å². The van der Waals surface area contributed by atoms with E-state index in [1.165, 1.54) is 9.75 Å². The second-order valence-electron chi connectivity index (χ2n) is 7.43. The van der Waals surface area contributed by atoms with Crippen molar-refractivity contribution in [2.45, 2.75) is 20.0 Å². The third-order valence-electron chi connectivity index (χ3n) is 5.03. The molecule has 1 amide bonds. The summed E-state index contributed by atoms with van der Waals surface area (Å²) in [6.07, 6.45) is 1.67. The van der Waals surface area contributed by atoms with E-state index in [0.717, 1.165) is 43.4 Å². The predicted octanol–water partition coefficient (Wildman–Crippen LogP) is 4.13. The number of nitrogens with zero attached hydrogens (tertiary/aromatic N) is 2. The van der Waals surface area contributed by atoms with Crippen molar-refractivity contribution in [3.05, 3.63) is 70.3 Å². The highest BCUT2D eigenvalue weighted by Crippen LogP contribution is 2.20. The fraction of sp³-hybridized carbons (Fsp3) is 0.348. The van der Waals surface area contributed by atoms with E-state index in [1.807, 2.05) is 24.3 Å². The zero-order chi connectivity index (χ0) is 20.8. The van der Waals surface area contributed by atoms with Gasteiger partial charge in [0.1, 0.15) is 5.76 Å². The fourth-order valence-electron chi connectivity index (χ4n) is 3.56. The molecule has 3 heterocycles. The molecule has 2 aromatic heterocycles. The molecular formula is C23H27N3O3S. The van der Waals surface area contributed by atoms with Gasteiger partial charge in [0.15, 0.2) is 0 Å². The standard InChI is InChI=1S/C23H27N3O3S/c1-18-4-9-22(30-18)16-25(15-21-3-2-12-29-21)17-23(27)24-19-5-7-20(8-6-19)26-10-13-28-14-11-26/h2-9,12H,10-11,13-17H2,1H3,(H,24,27). The van der Waals surface area contributed by atoms with Gasteiger partial charge in [-0.2, -0.15) is 0 Å². The van der Waals surface area contributed by atoms with Crippen LogP contribution in [0.15, 0.2) is 59.2 Å². The number of rotatable bonds is 8. The quantitative estimate of drug-likeness (QED) is 0.588. The van der Waals surface area contributed by atoms with Gasteiger partial charge in [0.05, 0.1) is 32.6 Å². The van der Waals surface area contributed by atoms with Gasteiger partial charge >= 0.3 is 0 Å². The number of amides is 1. The van der Waals surface area contributed by atoms with Crippen LogP contribution in [0, 0.1) is 6.92 Å². The minimum absolute atomic E-state index is 0.0334. The summed E-state index contributed by atoms with van der Waals surface area (Å²) in [6, 6.07) is 16.1. The first-order valence-corrected chi connectivity index (χ1v) is 11.0. The highest BCUT2D eigenvalue weighted by Gasteiger charge is 2.15. The lowest BCUT2D eigenvalue weighted by Gasteiger charge is -2.29. The van der Waals surface area contributed by atoms with Crippen molar-refractivity contribution in [3.63, 3.8) is 0 Å². The first kappa shape index (κ1) is 20.7. The highest BCUT2D eigenvalue weighted by atomic mass is 32.1. The summed E-state index contributed by atoms with van der Waals surface area (Å²) < 4.78 is 10.9. The summed E-state index contributed by atoms with van der Waals surface area (Å²) >= 11 is 1.76. The Morgan fingerprint density at radius 1 is 1.10 bits per heavy atom. The third kappa shape index (κ3) is 5.72. The van der Waals surface area contributed by atoms with Gasteiger partial charge in [0.25, 0.3) is 0 Å². The van der Waals surface area contributed by atoms with Crippen LogP contribution >= 0.6 is 11.3 Å². The van der Waals surface area contributed by atoms with Gasteiger partial charge in [-0.1, -0.05) is 0 Å². The summed E-state index contributed by atoms with van der Waals surface area (Å²) in [4.78, 5) is 19.6. The molecule has 158 valence electrons. The Labute approximate surface area is 181 Å². The number of hydrogen-bond acceptors (Lipinski definition) is 6. The molecule has 0 spiro atoms. The van der Waals surface area contributed by atoms with Crippen LogP contribution < -0.4 is 10.2 Å². The van der Waals surface area contributed by atoms with Gasteiger partial charge in [-0.15, -0.1) is 11.3 Å². The molecule has 6 nitrogen and oxygen atoms in total. The number of carbonyl (C=O) groups excluding carboxylic acids is 1. The number of carbonyl (C=O) groups is 1. The zero-order valence-electron chi connectivity index (χ0n) is 17.2. The van der Waals surface area contributed by atoms with Gasteiger partial charge in [-0.3, -0.25) is 9.69 Å². The number of morpholine rings is 1. The lowest BCUT2D eigenvalue weighted by molar-refractivity contribution is -0.117. The normalized spacial score (nSPS) is 14.3. The number of thiophene rings is 1. The van der Waals surface area contributed by atoms with Crippen molar-refractivity contribution in [2.24, 2.45) is 0 Å². The minimum atomic E-state index is -0.0334. The molecule has 0 bridgehead atoms. The molecule has 0 atom stereocenters. The van der Waals surface area contributed by atoms with Crippen molar-refractivity contribution in [2.75, 3.05) is 43.1 Å². The van der Waals surface area contributed by atoms with Gasteiger partial charge in [-0.05, 0) is 55.5 Å². The Morgan fingerprint density at radius 2 is 1.90 bits per heavy atom. The number of aryl methyl sites for hydroxylation is 1. The largest absolute Gasteiger partial charge is 0.468 e. The van der Waals surface area contributed by atoms with E-state index < -0.39 is 0 Å². The van der Waals surface area contributed by atoms with Crippen LogP contribution in [0.3, 0.4) is 0 Å². The monoisotopic (exact) mass is 425 g/mol. The molecule has 4 rings (SSSR count). The maximum atomic E-state index is 12.7. The van der Waals surface area contributed by atoms with Gasteiger partial charge in [0.2, 0.25) is 5.91 Å². The van der Waals surface area contributed by atoms with Crippen molar-refractivity contribution < 1.29 is 13.9 Å². The SMILES string of the molecule is Cc1ccc(CN(CC(=O)Nc2ccc(N3CCOCC3)cc2)Cc2ccco2)s1. The number of hydrogen-bond donors (Lipinski definition) is 1. The number of ether oxygens (including phenoxy) is 1. The fourth-order valence-corrected chi connectivity index (χ4v) is 4.49. The molecule has 30 heavy (non-hydrogen) atoms. The summed E-state index contributed by atoms with van der Waals surface area (Å²) in [5.74, 6) is 0.819. The molecule has 0 radical (unpaired) electrons. The van der Waals surface area contributed by atoms with Crippen LogP contribution in [-0.2, 0) is 22.6 Å². The summed E-state index contributed by atoms with van der Waals surface area (Å²) in [5, 5.41) is 3.02. The molecule has 1 N–H and O–H groups in total. The van der Waals surface area contributed by atoms with E-state index in [0.29, 0.717) is 19.6 Å². The van der Waals surface area contributed by atoms with Gasteiger partial charge in [0, 0.05) is 40.8 Å². The van der Waals surface area contributed by atoms with Crippen molar-refractivity contribution in [3.8, 4) is 0 Å². The molecule has 3 aromatic rings. The molecule has 1 saturated heterocycles. The molecule has 1 aliphatic heterocycles. The van der Waals surface area contributed by atoms with Crippen LogP contribution in [-0.4, -0.2) is 43.7 Å². The molecule has 7 heteroatoms. The van der Waals surface area contributed by atoms with Crippen molar-refractivity contribution >= 4 is 28.6 Å². The number of benzene rings is 1. The minimum Gasteiger partial charge on any atom is -0.468 e. The second-order valence-corrected chi connectivity index (χ2v) is 8.80. The van der Waals surface area contributed by atoms with Crippen LogP contribution in [0.2, 0.25) is 0 Å². The molecule has 0 unspecified atom stereocenters. The molecular weight excluding hydrogens is 398 g/mol. The Balaban J connectivity index is 1.36. The summed E-state index contributed by atoms with van der Waals surface area (Å²) in [7, 11) is 0. The number of nitrogens with one attached hydrogen (secondary N) is 1. The smallest absolute Gasteiger partial charge is 0.238 e. The average molecular weight is 426 g/mol. The summed E-state index contributed by atoms with van der Waals surface area (Å²) in [6.45, 7) is 7.00. The van der Waals surface area contributed by atoms with E-state index in [9.17, 15) is 4.79 Å². The Hall–Kier alpha value is -2.61. The Bertz CT molecular complexity index is 931. The molecule has 0 saturated carbocycles. The lowest BCUT2D eigenvalue weighted by atomic mass is 10.2. The number of furan rings is 1. The maximum absolute atomic E-state index is 12.7. The van der Waals surface area contributed by atoms with Crippen LogP contribution in [0.25, 0.3) is 0 Å². The van der Waals surface area contributed by atoms with Crippen LogP contribution in [0.5, 0.6) is 0 Å².